The van der Waals surface area contributed by atoms with E-state index in [1.165, 1.54) is 6.07 Å². The zero-order valence-electron chi connectivity index (χ0n) is 16.1. The van der Waals surface area contributed by atoms with Gasteiger partial charge in [0, 0.05) is 27.5 Å². The first kappa shape index (κ1) is 19.5. The van der Waals surface area contributed by atoms with Crippen molar-refractivity contribution in [2.45, 2.75) is 12.3 Å². The highest BCUT2D eigenvalue weighted by molar-refractivity contribution is 6.31. The van der Waals surface area contributed by atoms with Gasteiger partial charge in [-0.3, -0.25) is 0 Å². The first-order valence-corrected chi connectivity index (χ1v) is 9.88. The number of ether oxygens (including phenoxy) is 1. The SMILES string of the molecule is COc1ccc(C(c2cccc(F)c2)c2[nH]c3ccc(Cl)cc3c2CCN)cc1. The lowest BCUT2D eigenvalue weighted by Gasteiger charge is -2.20. The molecule has 1 atom stereocenters. The van der Waals surface area contributed by atoms with Crippen molar-refractivity contribution in [1.82, 2.24) is 4.98 Å². The number of hydrogen-bond acceptors (Lipinski definition) is 2. The molecule has 5 heteroatoms. The second kappa shape index (κ2) is 8.27. The quantitative estimate of drug-likeness (QED) is 0.433. The van der Waals surface area contributed by atoms with Gasteiger partial charge in [0.25, 0.3) is 0 Å². The van der Waals surface area contributed by atoms with Crippen molar-refractivity contribution in [1.29, 1.82) is 0 Å². The highest BCUT2D eigenvalue weighted by atomic mass is 35.5. The Hall–Kier alpha value is -2.82. The summed E-state index contributed by atoms with van der Waals surface area (Å²) in [7, 11) is 1.64. The molecule has 148 valence electrons. The average molecular weight is 409 g/mol. The minimum atomic E-state index is -0.263. The lowest BCUT2D eigenvalue weighted by atomic mass is 9.85. The highest BCUT2D eigenvalue weighted by Gasteiger charge is 2.24. The Bertz CT molecular complexity index is 1140. The Morgan fingerprint density at radius 2 is 1.83 bits per heavy atom. The van der Waals surface area contributed by atoms with Crippen molar-refractivity contribution in [3.63, 3.8) is 0 Å². The zero-order chi connectivity index (χ0) is 20.4. The van der Waals surface area contributed by atoms with E-state index >= 15 is 0 Å². The summed E-state index contributed by atoms with van der Waals surface area (Å²) in [4.78, 5) is 3.55. The molecule has 3 nitrogen and oxygen atoms in total. The van der Waals surface area contributed by atoms with E-state index in [1.54, 1.807) is 19.2 Å². The standard InChI is InChI=1S/C24H22ClFN2O/c1-29-19-8-5-15(6-9-19)23(16-3-2-4-18(26)13-16)24-20(11-12-27)21-14-17(25)7-10-22(21)28-24/h2-10,13-14,23,28H,11-12,27H2,1H3. The van der Waals surface area contributed by atoms with Gasteiger partial charge in [0.05, 0.1) is 7.11 Å². The molecule has 4 rings (SSSR count). The number of fused-ring (bicyclic) bond motifs is 1. The Morgan fingerprint density at radius 3 is 2.52 bits per heavy atom. The molecule has 3 aromatic carbocycles. The molecule has 0 aliphatic carbocycles. The molecular weight excluding hydrogens is 387 g/mol. The van der Waals surface area contributed by atoms with Gasteiger partial charge in [-0.2, -0.15) is 0 Å². The third kappa shape index (κ3) is 3.86. The number of benzene rings is 3. The van der Waals surface area contributed by atoms with Crippen LogP contribution in [-0.2, 0) is 6.42 Å². The summed E-state index contributed by atoms with van der Waals surface area (Å²) in [6.45, 7) is 0.505. The van der Waals surface area contributed by atoms with Gasteiger partial charge < -0.3 is 15.5 Å². The minimum Gasteiger partial charge on any atom is -0.497 e. The van der Waals surface area contributed by atoms with Gasteiger partial charge in [-0.15, -0.1) is 0 Å². The molecule has 3 N–H and O–H groups in total. The van der Waals surface area contributed by atoms with Crippen molar-refractivity contribution in [3.8, 4) is 5.75 Å². The average Bonchev–Trinajstić information content (AvgIpc) is 3.06. The van der Waals surface area contributed by atoms with E-state index in [1.807, 2.05) is 48.5 Å². The first-order valence-electron chi connectivity index (χ1n) is 9.50. The van der Waals surface area contributed by atoms with Crippen molar-refractivity contribution in [3.05, 3.63) is 100.0 Å². The second-order valence-electron chi connectivity index (χ2n) is 7.01. The summed E-state index contributed by atoms with van der Waals surface area (Å²) < 4.78 is 19.4. The molecule has 0 saturated carbocycles. The van der Waals surface area contributed by atoms with Gasteiger partial charge in [0.2, 0.25) is 0 Å². The van der Waals surface area contributed by atoms with E-state index in [0.29, 0.717) is 18.0 Å². The van der Waals surface area contributed by atoms with Crippen LogP contribution < -0.4 is 10.5 Å². The fraction of sp³-hybridized carbons (Fsp3) is 0.167. The van der Waals surface area contributed by atoms with Gasteiger partial charge >= 0.3 is 0 Å². The maximum atomic E-state index is 14.1. The molecule has 0 saturated heterocycles. The molecule has 0 aliphatic rings. The van der Waals surface area contributed by atoms with Gasteiger partial charge in [0.1, 0.15) is 11.6 Å². The van der Waals surface area contributed by atoms with Gasteiger partial charge in [0.15, 0.2) is 0 Å². The number of hydrogen-bond donors (Lipinski definition) is 2. The van der Waals surface area contributed by atoms with Crippen LogP contribution in [0.15, 0.2) is 66.7 Å². The van der Waals surface area contributed by atoms with Crippen molar-refractivity contribution >= 4 is 22.5 Å². The molecule has 0 amide bonds. The molecule has 0 spiro atoms. The lowest BCUT2D eigenvalue weighted by molar-refractivity contribution is 0.414. The van der Waals surface area contributed by atoms with Crippen molar-refractivity contribution in [2.24, 2.45) is 5.73 Å². The summed E-state index contributed by atoms with van der Waals surface area (Å²) in [6, 6.07) is 20.4. The van der Waals surface area contributed by atoms with Crippen LogP contribution in [0.25, 0.3) is 10.9 Å². The summed E-state index contributed by atoms with van der Waals surface area (Å²) >= 11 is 6.26. The zero-order valence-corrected chi connectivity index (χ0v) is 16.8. The van der Waals surface area contributed by atoms with Crippen LogP contribution in [0.2, 0.25) is 5.02 Å². The topological polar surface area (TPSA) is 51.0 Å². The van der Waals surface area contributed by atoms with E-state index in [4.69, 9.17) is 22.1 Å². The van der Waals surface area contributed by atoms with Crippen LogP contribution in [0.4, 0.5) is 4.39 Å². The number of aromatic nitrogens is 1. The number of H-pyrrole nitrogens is 1. The smallest absolute Gasteiger partial charge is 0.123 e. The van der Waals surface area contributed by atoms with E-state index < -0.39 is 0 Å². The van der Waals surface area contributed by atoms with Crippen LogP contribution in [-0.4, -0.2) is 18.6 Å². The van der Waals surface area contributed by atoms with Crippen LogP contribution in [0.1, 0.15) is 28.3 Å². The van der Waals surface area contributed by atoms with E-state index in [0.717, 1.165) is 39.0 Å². The number of nitrogens with two attached hydrogens (primary N) is 1. The van der Waals surface area contributed by atoms with Gasteiger partial charge in [-0.25, -0.2) is 4.39 Å². The molecule has 0 bridgehead atoms. The number of rotatable bonds is 6. The number of halogens is 2. The van der Waals surface area contributed by atoms with E-state index in [2.05, 4.69) is 4.98 Å². The molecular formula is C24H22ClFN2O. The molecule has 1 unspecified atom stereocenters. The molecule has 0 aliphatic heterocycles. The van der Waals surface area contributed by atoms with Crippen LogP contribution in [0, 0.1) is 5.82 Å². The molecule has 0 fully saturated rings. The summed E-state index contributed by atoms with van der Waals surface area (Å²) in [5, 5.41) is 1.72. The fourth-order valence-corrected chi connectivity index (χ4v) is 4.08. The Morgan fingerprint density at radius 1 is 1.03 bits per heavy atom. The predicted molar refractivity (Wildman–Crippen MR) is 116 cm³/mol. The number of nitrogens with one attached hydrogen (secondary N) is 1. The van der Waals surface area contributed by atoms with Gasteiger partial charge in [-0.1, -0.05) is 35.9 Å². The third-order valence-corrected chi connectivity index (χ3v) is 5.45. The number of aromatic amines is 1. The largest absolute Gasteiger partial charge is 0.497 e. The lowest BCUT2D eigenvalue weighted by Crippen LogP contribution is -2.10. The predicted octanol–water partition coefficient (Wildman–Crippen LogP) is 5.65. The van der Waals surface area contributed by atoms with Crippen molar-refractivity contribution in [2.75, 3.05) is 13.7 Å². The Labute approximate surface area is 174 Å². The molecule has 29 heavy (non-hydrogen) atoms. The van der Waals surface area contributed by atoms with Crippen LogP contribution >= 0.6 is 11.6 Å². The van der Waals surface area contributed by atoms with Crippen LogP contribution in [0.3, 0.4) is 0 Å². The van der Waals surface area contributed by atoms with E-state index in [9.17, 15) is 4.39 Å². The fourth-order valence-electron chi connectivity index (χ4n) is 3.91. The van der Waals surface area contributed by atoms with E-state index in [-0.39, 0.29) is 11.7 Å². The monoisotopic (exact) mass is 408 g/mol. The maximum absolute atomic E-state index is 14.1. The minimum absolute atomic E-state index is 0.177. The first-order chi connectivity index (χ1) is 14.1. The maximum Gasteiger partial charge on any atom is 0.123 e. The Kier molecular flexibility index (Phi) is 5.56. The molecule has 1 heterocycles. The molecule has 0 radical (unpaired) electrons. The molecule has 4 aromatic rings. The Balaban J connectivity index is 1.96. The summed E-state index contributed by atoms with van der Waals surface area (Å²) in [5.41, 5.74) is 10.9. The summed E-state index contributed by atoms with van der Waals surface area (Å²) in [5.74, 6) is 0.335. The molecule has 1 aromatic heterocycles. The second-order valence-corrected chi connectivity index (χ2v) is 7.44. The highest BCUT2D eigenvalue weighted by Crippen LogP contribution is 2.38. The van der Waals surface area contributed by atoms with Gasteiger partial charge in [-0.05, 0) is 72.1 Å². The normalized spacial score (nSPS) is 12.3. The number of methoxy groups -OCH3 is 1. The third-order valence-electron chi connectivity index (χ3n) is 5.22. The summed E-state index contributed by atoms with van der Waals surface area (Å²) in [6.07, 6.45) is 0.692. The van der Waals surface area contributed by atoms with Crippen LogP contribution in [0.5, 0.6) is 5.75 Å². The van der Waals surface area contributed by atoms with Crippen molar-refractivity contribution < 1.29 is 9.13 Å².